The molecule has 2 aromatic heterocycles. The predicted molar refractivity (Wildman–Crippen MR) is 143 cm³/mol. The lowest BCUT2D eigenvalue weighted by Gasteiger charge is -2.34. The van der Waals surface area contributed by atoms with E-state index in [0.29, 0.717) is 0 Å². The fourth-order valence-electron chi connectivity index (χ4n) is 4.88. The number of likely N-dealkylation sites (N-methyl/N-ethyl adjacent to an activating group) is 1. The van der Waals surface area contributed by atoms with Crippen LogP contribution in [-0.4, -0.2) is 71.7 Å². The van der Waals surface area contributed by atoms with E-state index in [4.69, 9.17) is 0 Å². The molecule has 1 aromatic carbocycles. The highest BCUT2D eigenvalue weighted by Crippen LogP contribution is 2.26. The minimum Gasteiger partial charge on any atom is -0.355 e. The number of piperidine rings is 1. The van der Waals surface area contributed by atoms with E-state index in [1.165, 1.54) is 5.56 Å². The van der Waals surface area contributed by atoms with Crippen molar-refractivity contribution >= 4 is 28.7 Å². The van der Waals surface area contributed by atoms with Crippen molar-refractivity contribution in [3.05, 3.63) is 59.5 Å². The first kappa shape index (κ1) is 23.9. The van der Waals surface area contributed by atoms with Gasteiger partial charge in [-0.15, -0.1) is 21.5 Å². The highest BCUT2D eigenvalue weighted by Gasteiger charge is 2.26. The lowest BCUT2D eigenvalue weighted by Crippen LogP contribution is -2.45. The van der Waals surface area contributed by atoms with Crippen molar-refractivity contribution in [1.82, 2.24) is 20.0 Å². The lowest BCUT2D eigenvalue weighted by atomic mass is 9.95. The largest absolute Gasteiger partial charge is 0.355 e. The van der Waals surface area contributed by atoms with Gasteiger partial charge in [0, 0.05) is 57.4 Å². The van der Waals surface area contributed by atoms with Gasteiger partial charge in [-0.05, 0) is 60.7 Å². The molecule has 7 nitrogen and oxygen atoms in total. The molecule has 0 aliphatic carbocycles. The van der Waals surface area contributed by atoms with Crippen LogP contribution in [0.15, 0.2) is 53.9 Å². The van der Waals surface area contributed by atoms with E-state index in [1.807, 2.05) is 35.7 Å². The molecule has 0 spiro atoms. The van der Waals surface area contributed by atoms with Crippen LogP contribution in [0.25, 0.3) is 10.6 Å². The maximum absolute atomic E-state index is 12.9. The van der Waals surface area contributed by atoms with Crippen LogP contribution in [0.5, 0.6) is 0 Å². The summed E-state index contributed by atoms with van der Waals surface area (Å²) in [6.45, 7) is 10.5. The van der Waals surface area contributed by atoms with E-state index in [-0.39, 0.29) is 11.8 Å². The predicted octanol–water partition coefficient (Wildman–Crippen LogP) is 4.20. The maximum atomic E-state index is 12.9. The first-order chi connectivity index (χ1) is 17.2. The molecule has 1 N–H and O–H groups in total. The molecule has 2 saturated heterocycles. The van der Waals surface area contributed by atoms with Crippen molar-refractivity contribution in [2.45, 2.75) is 26.3 Å². The van der Waals surface area contributed by atoms with Gasteiger partial charge in [-0.3, -0.25) is 9.69 Å². The van der Waals surface area contributed by atoms with Crippen molar-refractivity contribution in [3.8, 4) is 10.6 Å². The van der Waals surface area contributed by atoms with Gasteiger partial charge in [0.05, 0.1) is 4.88 Å². The Bertz CT molecular complexity index is 1070. The molecule has 2 aliphatic rings. The Morgan fingerprint density at radius 3 is 2.31 bits per heavy atom. The van der Waals surface area contributed by atoms with Crippen molar-refractivity contribution < 1.29 is 4.79 Å². The number of carbonyl (C=O) groups excluding carboxylic acids is 1. The first-order valence-corrected chi connectivity index (χ1v) is 13.5. The average molecular weight is 491 g/mol. The number of hydrogen-bond acceptors (Lipinski definition) is 7. The monoisotopic (exact) mass is 490 g/mol. The number of anilines is 2. The van der Waals surface area contributed by atoms with E-state index in [0.717, 1.165) is 87.3 Å². The number of piperazine rings is 1. The third kappa shape index (κ3) is 6.07. The van der Waals surface area contributed by atoms with Gasteiger partial charge in [-0.1, -0.05) is 25.1 Å². The van der Waals surface area contributed by atoms with E-state index >= 15 is 0 Å². The summed E-state index contributed by atoms with van der Waals surface area (Å²) >= 11 is 1.67. The summed E-state index contributed by atoms with van der Waals surface area (Å²) < 4.78 is 0. The Hall–Kier alpha value is -2.81. The Balaban J connectivity index is 1.08. The highest BCUT2D eigenvalue weighted by atomic mass is 32.1. The van der Waals surface area contributed by atoms with E-state index in [2.05, 4.69) is 55.3 Å². The highest BCUT2D eigenvalue weighted by molar-refractivity contribution is 7.13. The Morgan fingerprint density at radius 1 is 0.943 bits per heavy atom. The molecule has 3 aromatic rings. The topological polar surface area (TPSA) is 64.6 Å². The van der Waals surface area contributed by atoms with Crippen molar-refractivity contribution in [1.29, 1.82) is 0 Å². The van der Waals surface area contributed by atoms with Crippen LogP contribution in [0, 0.1) is 5.92 Å². The molecule has 8 heteroatoms. The zero-order valence-corrected chi connectivity index (χ0v) is 21.2. The van der Waals surface area contributed by atoms with Crippen LogP contribution >= 0.6 is 11.3 Å². The van der Waals surface area contributed by atoms with Gasteiger partial charge in [0.15, 0.2) is 5.82 Å². The summed E-state index contributed by atoms with van der Waals surface area (Å²) in [4.78, 5) is 21.2. The van der Waals surface area contributed by atoms with Crippen LogP contribution in [0.3, 0.4) is 0 Å². The van der Waals surface area contributed by atoms with Gasteiger partial charge in [0.1, 0.15) is 5.69 Å². The summed E-state index contributed by atoms with van der Waals surface area (Å²) in [5, 5.41) is 14.0. The fourth-order valence-corrected chi connectivity index (χ4v) is 5.57. The summed E-state index contributed by atoms with van der Waals surface area (Å²) in [7, 11) is 0. The molecule has 5 rings (SSSR count). The van der Waals surface area contributed by atoms with Gasteiger partial charge in [0.2, 0.25) is 5.91 Å². The molecular formula is C27H34N6OS. The minimum absolute atomic E-state index is 0.0270. The van der Waals surface area contributed by atoms with Crippen LogP contribution in [0.4, 0.5) is 11.5 Å². The van der Waals surface area contributed by atoms with Gasteiger partial charge in [0.25, 0.3) is 0 Å². The molecule has 35 heavy (non-hydrogen) atoms. The summed E-state index contributed by atoms with van der Waals surface area (Å²) in [6, 6.07) is 16.5. The van der Waals surface area contributed by atoms with Crippen LogP contribution in [-0.2, 0) is 11.3 Å². The molecule has 0 bridgehead atoms. The molecule has 0 unspecified atom stereocenters. The van der Waals surface area contributed by atoms with Crippen molar-refractivity contribution in [3.63, 3.8) is 0 Å². The van der Waals surface area contributed by atoms with E-state index in [9.17, 15) is 4.79 Å². The molecule has 0 radical (unpaired) electrons. The molecule has 1 amide bonds. The Kier molecular flexibility index (Phi) is 7.71. The lowest BCUT2D eigenvalue weighted by molar-refractivity contribution is -0.120. The maximum Gasteiger partial charge on any atom is 0.227 e. The van der Waals surface area contributed by atoms with Crippen molar-refractivity contribution in [2.24, 2.45) is 5.92 Å². The van der Waals surface area contributed by atoms with Gasteiger partial charge in [-0.25, -0.2) is 0 Å². The number of benzene rings is 1. The molecular weight excluding hydrogens is 456 g/mol. The number of aromatic nitrogens is 2. The summed E-state index contributed by atoms with van der Waals surface area (Å²) in [6.07, 6.45) is 1.64. The number of nitrogens with zero attached hydrogens (tertiary/aromatic N) is 5. The SMILES string of the molecule is CCN1CCN(Cc2ccc(NC(=O)C3CCN(c4ccc(-c5cccs5)nn4)CC3)cc2)CC1. The molecule has 0 atom stereocenters. The quantitative estimate of drug-likeness (QED) is 0.536. The van der Waals surface area contributed by atoms with Gasteiger partial charge in [-0.2, -0.15) is 0 Å². The normalized spacial score (nSPS) is 18.0. The van der Waals surface area contributed by atoms with Crippen LogP contribution in [0.2, 0.25) is 0 Å². The molecule has 4 heterocycles. The Labute approximate surface area is 211 Å². The molecule has 2 aliphatic heterocycles. The van der Waals surface area contributed by atoms with Gasteiger partial charge >= 0.3 is 0 Å². The second-order valence-electron chi connectivity index (χ2n) is 9.41. The number of carbonyl (C=O) groups is 1. The third-order valence-electron chi connectivity index (χ3n) is 7.15. The molecule has 184 valence electrons. The minimum atomic E-state index is 0.0270. The van der Waals surface area contributed by atoms with E-state index < -0.39 is 0 Å². The fraction of sp³-hybridized carbons (Fsp3) is 0.444. The zero-order valence-electron chi connectivity index (χ0n) is 20.4. The van der Waals surface area contributed by atoms with Crippen molar-refractivity contribution in [2.75, 3.05) is 56.0 Å². The number of hydrogen-bond donors (Lipinski definition) is 1. The number of rotatable bonds is 7. The van der Waals surface area contributed by atoms with Gasteiger partial charge < -0.3 is 15.1 Å². The molecule has 2 fully saturated rings. The summed E-state index contributed by atoms with van der Waals surface area (Å²) in [5.74, 6) is 1.03. The first-order valence-electron chi connectivity index (χ1n) is 12.6. The number of thiophene rings is 1. The smallest absolute Gasteiger partial charge is 0.227 e. The standard InChI is InChI=1S/C27H34N6OS/c1-2-31-15-17-32(18-16-31)20-21-5-7-23(8-6-21)28-27(34)22-11-13-33(14-12-22)26-10-9-24(29-30-26)25-4-3-19-35-25/h3-10,19,22H,2,11-18,20H2,1H3,(H,28,34). The van der Waals surface area contributed by atoms with Crippen LogP contribution < -0.4 is 10.2 Å². The van der Waals surface area contributed by atoms with Crippen LogP contribution in [0.1, 0.15) is 25.3 Å². The second kappa shape index (κ2) is 11.3. The number of nitrogens with one attached hydrogen (secondary N) is 1. The second-order valence-corrected chi connectivity index (χ2v) is 10.4. The third-order valence-corrected chi connectivity index (χ3v) is 8.05. The number of amides is 1. The van der Waals surface area contributed by atoms with E-state index in [1.54, 1.807) is 11.3 Å². The zero-order chi connectivity index (χ0) is 24.0. The average Bonchev–Trinajstić information content (AvgIpc) is 3.46. The summed E-state index contributed by atoms with van der Waals surface area (Å²) in [5.41, 5.74) is 3.09. The Morgan fingerprint density at radius 2 is 1.69 bits per heavy atom. The molecule has 0 saturated carbocycles.